The van der Waals surface area contributed by atoms with Gasteiger partial charge in [-0.05, 0) is 12.3 Å². The maximum Gasteiger partial charge on any atom is 0.272 e. The molecule has 0 aliphatic rings. The molecule has 18 heavy (non-hydrogen) atoms. The van der Waals surface area contributed by atoms with Crippen LogP contribution in [-0.4, -0.2) is 11.0 Å². The smallest absolute Gasteiger partial charge is 0.272 e. The summed E-state index contributed by atoms with van der Waals surface area (Å²) < 4.78 is 0. The van der Waals surface area contributed by atoms with Crippen LogP contribution in [0.5, 0.6) is 0 Å². The maximum atomic E-state index is 10.7. The van der Waals surface area contributed by atoms with Gasteiger partial charge in [-0.3, -0.25) is 10.1 Å². The molecule has 1 aromatic carbocycles. The van der Waals surface area contributed by atoms with Gasteiger partial charge in [0.05, 0.1) is 20.7 Å². The van der Waals surface area contributed by atoms with E-state index in [-0.39, 0.29) is 21.8 Å². The lowest BCUT2D eigenvalue weighted by atomic mass is 10.0. The van der Waals surface area contributed by atoms with Gasteiger partial charge in [-0.25, -0.2) is 0 Å². The topological polar surface area (TPSA) is 55.2 Å². The second kappa shape index (κ2) is 6.25. The molecule has 4 nitrogen and oxygen atoms in total. The van der Waals surface area contributed by atoms with E-state index in [2.05, 4.69) is 26.1 Å². The molecular weight excluding hydrogens is 275 g/mol. The summed E-state index contributed by atoms with van der Waals surface area (Å²) in [6.07, 6.45) is 0.918. The Hall–Kier alpha value is -1.00. The fourth-order valence-electron chi connectivity index (χ4n) is 1.73. The van der Waals surface area contributed by atoms with Crippen LogP contribution in [0.25, 0.3) is 0 Å². The van der Waals surface area contributed by atoms with Gasteiger partial charge in [-0.15, -0.1) is 0 Å². The fraction of sp³-hybridized carbons (Fsp3) is 0.500. The summed E-state index contributed by atoms with van der Waals surface area (Å²) in [6.45, 7) is 6.24. The molecule has 0 aromatic heterocycles. The van der Waals surface area contributed by atoms with E-state index < -0.39 is 4.92 Å². The second-order valence-corrected chi connectivity index (χ2v) is 5.26. The lowest BCUT2D eigenvalue weighted by Crippen LogP contribution is -2.24. The highest BCUT2D eigenvalue weighted by atomic mass is 35.5. The Kier molecular flexibility index (Phi) is 5.23. The number of nitro groups is 1. The molecule has 0 radical (unpaired) electrons. The Morgan fingerprint density at radius 3 is 2.17 bits per heavy atom. The van der Waals surface area contributed by atoms with Crippen LogP contribution < -0.4 is 5.32 Å². The van der Waals surface area contributed by atoms with Crippen LogP contribution in [0.4, 0.5) is 11.4 Å². The molecule has 0 spiro atoms. The first-order chi connectivity index (χ1) is 8.36. The third-order valence-electron chi connectivity index (χ3n) is 2.81. The number of anilines is 1. The number of hydrogen-bond acceptors (Lipinski definition) is 3. The summed E-state index contributed by atoms with van der Waals surface area (Å²) in [7, 11) is 0. The maximum absolute atomic E-state index is 10.7. The van der Waals surface area contributed by atoms with Gasteiger partial charge in [0.2, 0.25) is 0 Å². The van der Waals surface area contributed by atoms with Gasteiger partial charge in [0.15, 0.2) is 0 Å². The van der Waals surface area contributed by atoms with Crippen molar-refractivity contribution in [1.29, 1.82) is 0 Å². The second-order valence-electron chi connectivity index (χ2n) is 4.44. The van der Waals surface area contributed by atoms with Gasteiger partial charge >= 0.3 is 0 Å². The Labute approximate surface area is 116 Å². The number of nitro benzene ring substituents is 1. The molecule has 6 heteroatoms. The zero-order valence-electron chi connectivity index (χ0n) is 10.5. The van der Waals surface area contributed by atoms with Crippen LogP contribution in [0.15, 0.2) is 12.1 Å². The zero-order valence-corrected chi connectivity index (χ0v) is 12.0. The molecule has 1 atom stereocenters. The van der Waals surface area contributed by atoms with Crippen molar-refractivity contribution in [3.63, 3.8) is 0 Å². The standard InChI is InChI=1S/C12H16Cl2N2O2/c1-4-11(7(2)3)15-12-9(13)5-8(16(17)18)6-10(12)14/h5-7,11,15H,4H2,1-3H3. The van der Waals surface area contributed by atoms with Gasteiger partial charge in [-0.1, -0.05) is 44.0 Å². The van der Waals surface area contributed by atoms with Gasteiger partial charge in [0.25, 0.3) is 5.69 Å². The molecule has 0 heterocycles. The van der Waals surface area contributed by atoms with Crippen molar-refractivity contribution in [2.45, 2.75) is 33.2 Å². The highest BCUT2D eigenvalue weighted by Gasteiger charge is 2.18. The normalized spacial score (nSPS) is 12.6. The van der Waals surface area contributed by atoms with E-state index in [0.29, 0.717) is 11.6 Å². The van der Waals surface area contributed by atoms with Gasteiger partial charge in [0.1, 0.15) is 0 Å². The molecule has 1 rings (SSSR count). The summed E-state index contributed by atoms with van der Waals surface area (Å²) in [5.74, 6) is 0.414. The summed E-state index contributed by atoms with van der Waals surface area (Å²) >= 11 is 12.1. The van der Waals surface area contributed by atoms with Crippen LogP contribution in [0.1, 0.15) is 27.2 Å². The third-order valence-corrected chi connectivity index (χ3v) is 3.41. The molecule has 0 aliphatic carbocycles. The molecular formula is C12H16Cl2N2O2. The molecule has 0 amide bonds. The van der Waals surface area contributed by atoms with Crippen molar-refractivity contribution in [3.05, 3.63) is 32.3 Å². The van der Waals surface area contributed by atoms with Crippen molar-refractivity contribution < 1.29 is 4.92 Å². The Morgan fingerprint density at radius 2 is 1.83 bits per heavy atom. The van der Waals surface area contributed by atoms with Crippen LogP contribution in [0.3, 0.4) is 0 Å². The number of non-ortho nitro benzene ring substituents is 1. The van der Waals surface area contributed by atoms with Crippen molar-refractivity contribution in [2.24, 2.45) is 5.92 Å². The van der Waals surface area contributed by atoms with Crippen LogP contribution >= 0.6 is 23.2 Å². The van der Waals surface area contributed by atoms with E-state index in [1.54, 1.807) is 0 Å². The molecule has 0 saturated carbocycles. The zero-order chi connectivity index (χ0) is 13.9. The molecule has 100 valence electrons. The molecule has 0 bridgehead atoms. The predicted octanol–water partition coefficient (Wildman–Crippen LogP) is 4.75. The Balaban J connectivity index is 3.07. The quantitative estimate of drug-likeness (QED) is 0.629. The third kappa shape index (κ3) is 3.50. The fourth-order valence-corrected chi connectivity index (χ4v) is 2.31. The number of nitrogens with one attached hydrogen (secondary N) is 1. The minimum atomic E-state index is -0.513. The van der Waals surface area contributed by atoms with Crippen LogP contribution in [-0.2, 0) is 0 Å². The number of nitrogens with zero attached hydrogens (tertiary/aromatic N) is 1. The molecule has 1 aromatic rings. The minimum absolute atomic E-state index is 0.104. The average Bonchev–Trinajstić information content (AvgIpc) is 2.27. The predicted molar refractivity (Wildman–Crippen MR) is 75.7 cm³/mol. The van der Waals surface area contributed by atoms with Gasteiger partial charge in [-0.2, -0.15) is 0 Å². The number of benzene rings is 1. The Bertz CT molecular complexity index is 427. The van der Waals surface area contributed by atoms with E-state index in [1.807, 2.05) is 0 Å². The highest BCUT2D eigenvalue weighted by Crippen LogP contribution is 2.35. The molecule has 0 aliphatic heterocycles. The summed E-state index contributed by atoms with van der Waals surface area (Å²) in [4.78, 5) is 10.2. The van der Waals surface area contributed by atoms with E-state index in [4.69, 9.17) is 23.2 Å². The lowest BCUT2D eigenvalue weighted by molar-refractivity contribution is -0.384. The minimum Gasteiger partial charge on any atom is -0.380 e. The first-order valence-electron chi connectivity index (χ1n) is 5.76. The SMILES string of the molecule is CCC(Nc1c(Cl)cc([N+](=O)[O-])cc1Cl)C(C)C. The van der Waals surface area contributed by atoms with Crippen molar-refractivity contribution in [3.8, 4) is 0 Å². The van der Waals surface area contributed by atoms with Crippen molar-refractivity contribution in [2.75, 3.05) is 5.32 Å². The monoisotopic (exact) mass is 290 g/mol. The first kappa shape index (κ1) is 15.1. The summed E-state index contributed by atoms with van der Waals surface area (Å²) in [6, 6.07) is 2.84. The van der Waals surface area contributed by atoms with Crippen molar-refractivity contribution >= 4 is 34.6 Å². The lowest BCUT2D eigenvalue weighted by Gasteiger charge is -2.23. The molecule has 0 saturated heterocycles. The van der Waals surface area contributed by atoms with Gasteiger partial charge in [0, 0.05) is 18.2 Å². The van der Waals surface area contributed by atoms with E-state index in [1.165, 1.54) is 12.1 Å². The Morgan fingerprint density at radius 1 is 1.33 bits per heavy atom. The van der Waals surface area contributed by atoms with E-state index in [0.717, 1.165) is 6.42 Å². The largest absolute Gasteiger partial charge is 0.380 e. The van der Waals surface area contributed by atoms with Gasteiger partial charge < -0.3 is 5.32 Å². The van der Waals surface area contributed by atoms with Crippen LogP contribution in [0, 0.1) is 16.0 Å². The van der Waals surface area contributed by atoms with E-state index in [9.17, 15) is 10.1 Å². The molecule has 0 fully saturated rings. The first-order valence-corrected chi connectivity index (χ1v) is 6.52. The summed E-state index contributed by atoms with van der Waals surface area (Å²) in [5, 5.41) is 14.5. The van der Waals surface area contributed by atoms with Crippen LogP contribution in [0.2, 0.25) is 10.0 Å². The number of rotatable bonds is 5. The number of halogens is 2. The van der Waals surface area contributed by atoms with E-state index >= 15 is 0 Å². The molecule has 1 unspecified atom stereocenters. The van der Waals surface area contributed by atoms with Crippen molar-refractivity contribution in [1.82, 2.24) is 0 Å². The number of hydrogen-bond donors (Lipinski definition) is 1. The summed E-state index contributed by atoms with van der Waals surface area (Å²) in [5.41, 5.74) is 0.456. The highest BCUT2D eigenvalue weighted by molar-refractivity contribution is 6.39. The average molecular weight is 291 g/mol. The molecule has 1 N–H and O–H groups in total.